The van der Waals surface area contributed by atoms with Crippen LogP contribution in [0, 0.1) is 31.5 Å². The zero-order valence-corrected chi connectivity index (χ0v) is 17.3. The molecule has 0 aliphatic carbocycles. The van der Waals surface area contributed by atoms with E-state index in [2.05, 4.69) is 10.2 Å². The SMILES string of the molecule is Cc1cc(C)c2c(c1)C1(C(=O)N2)C2C(=O)N(c3cccc(F)c3)C(=O)C2C2CCCN21. The topological polar surface area (TPSA) is 69.7 Å². The van der Waals surface area contributed by atoms with Gasteiger partial charge in [-0.3, -0.25) is 19.3 Å². The molecule has 1 N–H and O–H groups in total. The number of hydrogen-bond acceptors (Lipinski definition) is 4. The van der Waals surface area contributed by atoms with E-state index >= 15 is 0 Å². The Hall–Kier alpha value is -3.06. The Balaban J connectivity index is 1.58. The van der Waals surface area contributed by atoms with Crippen LogP contribution in [0.4, 0.5) is 15.8 Å². The van der Waals surface area contributed by atoms with Crippen LogP contribution in [0.5, 0.6) is 0 Å². The minimum absolute atomic E-state index is 0.183. The lowest BCUT2D eigenvalue weighted by Crippen LogP contribution is -2.54. The van der Waals surface area contributed by atoms with E-state index in [0.717, 1.165) is 40.1 Å². The van der Waals surface area contributed by atoms with Gasteiger partial charge in [0.2, 0.25) is 17.7 Å². The van der Waals surface area contributed by atoms with E-state index in [1.165, 1.54) is 18.2 Å². The summed E-state index contributed by atoms with van der Waals surface area (Å²) in [7, 11) is 0. The second-order valence-electron chi connectivity index (χ2n) is 9.12. The van der Waals surface area contributed by atoms with Crippen LogP contribution in [0.15, 0.2) is 36.4 Å². The summed E-state index contributed by atoms with van der Waals surface area (Å²) >= 11 is 0. The van der Waals surface area contributed by atoms with Crippen molar-refractivity contribution in [2.45, 2.75) is 38.3 Å². The number of carbonyl (C=O) groups is 3. The quantitative estimate of drug-likeness (QED) is 0.722. The number of nitrogens with one attached hydrogen (secondary N) is 1. The number of carbonyl (C=O) groups excluding carboxylic acids is 3. The van der Waals surface area contributed by atoms with Gasteiger partial charge >= 0.3 is 0 Å². The van der Waals surface area contributed by atoms with Crippen molar-refractivity contribution in [3.63, 3.8) is 0 Å². The molecule has 4 unspecified atom stereocenters. The molecule has 1 spiro atoms. The van der Waals surface area contributed by atoms with Gasteiger partial charge in [-0.2, -0.15) is 0 Å². The van der Waals surface area contributed by atoms with Gasteiger partial charge in [-0.1, -0.05) is 23.8 Å². The van der Waals surface area contributed by atoms with Crippen molar-refractivity contribution in [3.05, 3.63) is 58.9 Å². The van der Waals surface area contributed by atoms with E-state index in [-0.39, 0.29) is 23.5 Å². The molecule has 4 heterocycles. The molecule has 158 valence electrons. The van der Waals surface area contributed by atoms with Gasteiger partial charge in [0.25, 0.3) is 0 Å². The molecular formula is C24H22FN3O3. The van der Waals surface area contributed by atoms with Crippen molar-refractivity contribution < 1.29 is 18.8 Å². The standard InChI is InChI=1S/C24H22FN3O3/c1-12-9-13(2)20-16(10-12)24(23(31)26-20)19-18(17-7-4-8-27(17)24)21(29)28(22(19)30)15-6-3-5-14(25)11-15/h3,5-6,9-11,17-19H,4,7-8H2,1-2H3,(H,26,31). The highest BCUT2D eigenvalue weighted by atomic mass is 19.1. The molecule has 0 radical (unpaired) electrons. The maximum atomic E-state index is 13.9. The number of fused-ring (bicyclic) bond motifs is 7. The van der Waals surface area contributed by atoms with E-state index in [4.69, 9.17) is 0 Å². The Kier molecular flexibility index (Phi) is 3.62. The molecular weight excluding hydrogens is 397 g/mol. The third-order valence-electron chi connectivity index (χ3n) is 7.51. The molecule has 2 aromatic rings. The summed E-state index contributed by atoms with van der Waals surface area (Å²) in [6.45, 7) is 4.58. The van der Waals surface area contributed by atoms with Crippen LogP contribution in [0.1, 0.15) is 29.5 Å². The molecule has 2 aromatic carbocycles. The van der Waals surface area contributed by atoms with Gasteiger partial charge in [0.15, 0.2) is 0 Å². The Morgan fingerprint density at radius 1 is 1.10 bits per heavy atom. The highest BCUT2D eigenvalue weighted by molar-refractivity contribution is 6.26. The fourth-order valence-electron chi connectivity index (χ4n) is 6.53. The number of rotatable bonds is 1. The van der Waals surface area contributed by atoms with Crippen LogP contribution in [-0.2, 0) is 19.9 Å². The molecule has 0 bridgehead atoms. The predicted molar refractivity (Wildman–Crippen MR) is 112 cm³/mol. The number of amides is 3. The zero-order chi connectivity index (χ0) is 21.7. The van der Waals surface area contributed by atoms with Gasteiger partial charge in [-0.15, -0.1) is 0 Å². The molecule has 31 heavy (non-hydrogen) atoms. The number of halogens is 1. The van der Waals surface area contributed by atoms with Crippen LogP contribution in [-0.4, -0.2) is 35.2 Å². The summed E-state index contributed by atoms with van der Waals surface area (Å²) in [5, 5.41) is 3.03. The van der Waals surface area contributed by atoms with E-state index in [9.17, 15) is 18.8 Å². The third kappa shape index (κ3) is 2.12. The fraction of sp³-hybridized carbons (Fsp3) is 0.375. The molecule has 3 saturated heterocycles. The van der Waals surface area contributed by atoms with E-state index < -0.39 is 29.1 Å². The third-order valence-corrected chi connectivity index (χ3v) is 7.51. The molecule has 6 rings (SSSR count). The lowest BCUT2D eigenvalue weighted by molar-refractivity contribution is -0.135. The summed E-state index contributed by atoms with van der Waals surface area (Å²) in [6.07, 6.45) is 1.62. The minimum Gasteiger partial charge on any atom is -0.324 e. The molecule has 3 fully saturated rings. The average Bonchev–Trinajstić information content (AvgIpc) is 3.41. The summed E-state index contributed by atoms with van der Waals surface area (Å²) in [4.78, 5) is 44.2. The lowest BCUT2D eigenvalue weighted by atomic mass is 9.75. The van der Waals surface area contributed by atoms with E-state index in [1.54, 1.807) is 6.07 Å². The van der Waals surface area contributed by atoms with Crippen molar-refractivity contribution in [2.24, 2.45) is 11.8 Å². The molecule has 0 saturated carbocycles. The van der Waals surface area contributed by atoms with Crippen LogP contribution >= 0.6 is 0 Å². The number of benzene rings is 2. The van der Waals surface area contributed by atoms with Crippen molar-refractivity contribution in [1.29, 1.82) is 0 Å². The number of imide groups is 1. The molecule has 4 aliphatic heterocycles. The number of hydrogen-bond donors (Lipinski definition) is 1. The van der Waals surface area contributed by atoms with E-state index in [1.807, 2.05) is 26.0 Å². The molecule has 4 aliphatic rings. The highest BCUT2D eigenvalue weighted by Crippen LogP contribution is 2.61. The zero-order valence-electron chi connectivity index (χ0n) is 17.3. The van der Waals surface area contributed by atoms with E-state index in [0.29, 0.717) is 6.54 Å². The van der Waals surface area contributed by atoms with Crippen molar-refractivity contribution in [2.75, 3.05) is 16.8 Å². The first-order valence-corrected chi connectivity index (χ1v) is 10.7. The predicted octanol–water partition coefficient (Wildman–Crippen LogP) is 2.87. The maximum Gasteiger partial charge on any atom is 0.250 e. The lowest BCUT2D eigenvalue weighted by Gasteiger charge is -2.36. The van der Waals surface area contributed by atoms with Crippen LogP contribution in [0.2, 0.25) is 0 Å². The Morgan fingerprint density at radius 2 is 1.90 bits per heavy atom. The largest absolute Gasteiger partial charge is 0.324 e. The smallest absolute Gasteiger partial charge is 0.250 e. The van der Waals surface area contributed by atoms with Gasteiger partial charge in [0, 0.05) is 17.3 Å². The van der Waals surface area contributed by atoms with Crippen LogP contribution in [0.25, 0.3) is 0 Å². The Morgan fingerprint density at radius 3 is 2.68 bits per heavy atom. The van der Waals surface area contributed by atoms with Crippen LogP contribution < -0.4 is 10.2 Å². The molecule has 3 amide bonds. The maximum absolute atomic E-state index is 13.9. The molecule has 7 heteroatoms. The summed E-state index contributed by atoms with van der Waals surface area (Å²) in [6, 6.07) is 9.33. The summed E-state index contributed by atoms with van der Waals surface area (Å²) < 4.78 is 13.9. The van der Waals surface area contributed by atoms with Gasteiger partial charge < -0.3 is 5.32 Å². The van der Waals surface area contributed by atoms with Gasteiger partial charge in [0.05, 0.1) is 17.5 Å². The first kappa shape index (κ1) is 18.7. The van der Waals surface area contributed by atoms with Crippen molar-refractivity contribution in [1.82, 2.24) is 4.90 Å². The fourth-order valence-corrected chi connectivity index (χ4v) is 6.53. The van der Waals surface area contributed by atoms with Gasteiger partial charge in [0.1, 0.15) is 11.4 Å². The molecule has 6 nitrogen and oxygen atoms in total. The Bertz CT molecular complexity index is 1190. The average molecular weight is 419 g/mol. The normalized spacial score (nSPS) is 31.4. The van der Waals surface area contributed by atoms with Crippen LogP contribution in [0.3, 0.4) is 0 Å². The van der Waals surface area contributed by atoms with Crippen molar-refractivity contribution in [3.8, 4) is 0 Å². The number of anilines is 2. The second kappa shape index (κ2) is 6.01. The molecule has 0 aromatic heterocycles. The Labute approximate surface area is 179 Å². The molecule has 4 atom stereocenters. The first-order valence-electron chi connectivity index (χ1n) is 10.7. The monoisotopic (exact) mass is 419 g/mol. The summed E-state index contributed by atoms with van der Waals surface area (Å²) in [5.41, 5.74) is 2.50. The number of nitrogens with zero attached hydrogens (tertiary/aromatic N) is 2. The van der Waals surface area contributed by atoms with Gasteiger partial charge in [-0.05, 0) is 57.0 Å². The van der Waals surface area contributed by atoms with Crippen molar-refractivity contribution >= 4 is 29.1 Å². The number of aryl methyl sites for hydroxylation is 2. The highest BCUT2D eigenvalue weighted by Gasteiger charge is 2.74. The summed E-state index contributed by atoms with van der Waals surface area (Å²) in [5.74, 6) is -2.94. The van der Waals surface area contributed by atoms with Gasteiger partial charge in [-0.25, -0.2) is 9.29 Å². The first-order chi connectivity index (χ1) is 14.9. The minimum atomic E-state index is -1.20. The second-order valence-corrected chi connectivity index (χ2v) is 9.12.